The van der Waals surface area contributed by atoms with Crippen molar-refractivity contribution in [2.75, 3.05) is 21.3 Å². The third-order valence-electron chi connectivity index (χ3n) is 4.74. The van der Waals surface area contributed by atoms with Gasteiger partial charge in [0, 0.05) is 27.4 Å². The highest BCUT2D eigenvalue weighted by molar-refractivity contribution is 7.82. The zero-order valence-corrected chi connectivity index (χ0v) is 14.8. The molecule has 1 saturated heterocycles. The van der Waals surface area contributed by atoms with E-state index >= 15 is 0 Å². The van der Waals surface area contributed by atoms with Crippen LogP contribution in [0.25, 0.3) is 0 Å². The van der Waals surface area contributed by atoms with Crippen molar-refractivity contribution in [3.63, 3.8) is 0 Å². The van der Waals surface area contributed by atoms with Crippen LogP contribution in [0.2, 0.25) is 6.04 Å². The number of methoxy groups -OCH3 is 1. The Morgan fingerprint density at radius 3 is 2.26 bits per heavy atom. The Morgan fingerprint density at radius 2 is 1.89 bits per heavy atom. The Morgan fingerprint density at radius 1 is 1.32 bits per heavy atom. The van der Waals surface area contributed by atoms with E-state index in [4.69, 9.17) is 32.0 Å². The van der Waals surface area contributed by atoms with E-state index in [9.17, 15) is 0 Å². The van der Waals surface area contributed by atoms with Gasteiger partial charge in [-0.25, -0.2) is 0 Å². The molecule has 1 aliphatic heterocycles. The third-order valence-corrected chi connectivity index (χ3v) is 10.4. The lowest BCUT2D eigenvalue weighted by molar-refractivity contribution is -0.0439. The lowest BCUT2D eigenvalue weighted by Crippen LogP contribution is -2.77. The highest BCUT2D eigenvalue weighted by Crippen LogP contribution is 2.53. The second-order valence-corrected chi connectivity index (χ2v) is 9.94. The summed E-state index contributed by atoms with van der Waals surface area (Å²) in [6, 6.07) is 0.850. The third kappa shape index (κ3) is 2.40. The van der Waals surface area contributed by atoms with Crippen LogP contribution in [-0.4, -0.2) is 45.9 Å². The first-order chi connectivity index (χ1) is 8.89. The topological polar surface area (TPSA) is 53.7 Å². The highest BCUT2D eigenvalue weighted by atomic mass is 32.1. The monoisotopic (exact) mass is 307 g/mol. The van der Waals surface area contributed by atoms with Gasteiger partial charge in [-0.1, -0.05) is 13.3 Å². The molecule has 6 heteroatoms. The fraction of sp³-hybridized carbons (Fsp3) is 1.00. The minimum Gasteiger partial charge on any atom is -0.396 e. The van der Waals surface area contributed by atoms with Crippen molar-refractivity contribution in [2.45, 2.75) is 61.6 Å². The molecule has 4 nitrogen and oxygen atoms in total. The van der Waals surface area contributed by atoms with E-state index in [1.54, 1.807) is 21.3 Å². The Hall–Kier alpha value is 0.407. The number of thiol groups is 1. The van der Waals surface area contributed by atoms with Crippen LogP contribution >= 0.6 is 12.6 Å². The van der Waals surface area contributed by atoms with E-state index < -0.39 is 18.5 Å². The molecule has 0 aromatic heterocycles. The SMILES string of the molecule is CCCC1(OC)C(S)(C(C)N)CCC[Si]1(OC)OC. The van der Waals surface area contributed by atoms with Crippen LogP contribution in [0.3, 0.4) is 0 Å². The Kier molecular flexibility index (Phi) is 5.93. The van der Waals surface area contributed by atoms with E-state index in [2.05, 4.69) is 6.92 Å². The van der Waals surface area contributed by atoms with E-state index in [1.165, 1.54) is 0 Å². The zero-order chi connectivity index (χ0) is 14.7. The van der Waals surface area contributed by atoms with Crippen LogP contribution in [0, 0.1) is 0 Å². The van der Waals surface area contributed by atoms with Crippen LogP contribution in [0.4, 0.5) is 0 Å². The molecule has 3 atom stereocenters. The minimum atomic E-state index is -2.51. The van der Waals surface area contributed by atoms with E-state index in [0.717, 1.165) is 31.7 Å². The largest absolute Gasteiger partial charge is 0.396 e. The summed E-state index contributed by atoms with van der Waals surface area (Å²) in [5.41, 5.74) is 6.27. The maximum absolute atomic E-state index is 6.27. The number of nitrogens with two attached hydrogens (primary N) is 1. The molecule has 114 valence electrons. The Balaban J connectivity index is 3.40. The summed E-state index contributed by atoms with van der Waals surface area (Å²) < 4.78 is 17.5. The second-order valence-electron chi connectivity index (χ2n) is 5.51. The molecule has 0 aliphatic carbocycles. The zero-order valence-electron chi connectivity index (χ0n) is 12.9. The molecule has 0 aromatic rings. The van der Waals surface area contributed by atoms with Gasteiger partial charge < -0.3 is 19.3 Å². The maximum Gasteiger partial charge on any atom is 0.372 e. The van der Waals surface area contributed by atoms with Crippen LogP contribution in [0.1, 0.15) is 39.5 Å². The summed E-state index contributed by atoms with van der Waals surface area (Å²) in [6.07, 6.45) is 3.81. The summed E-state index contributed by atoms with van der Waals surface area (Å²) in [5.74, 6) is 0. The summed E-state index contributed by atoms with van der Waals surface area (Å²) in [6.45, 7) is 4.15. The highest BCUT2D eigenvalue weighted by Gasteiger charge is 2.69. The molecule has 0 amide bonds. The quantitative estimate of drug-likeness (QED) is 0.584. The van der Waals surface area contributed by atoms with Crippen molar-refractivity contribution in [1.82, 2.24) is 0 Å². The lowest BCUT2D eigenvalue weighted by atomic mass is 9.85. The average molecular weight is 308 g/mol. The van der Waals surface area contributed by atoms with Crippen molar-refractivity contribution < 1.29 is 13.6 Å². The molecule has 0 spiro atoms. The average Bonchev–Trinajstić information content (AvgIpc) is 2.41. The molecule has 1 rings (SSSR count). The predicted octanol–water partition coefficient (Wildman–Crippen LogP) is 2.26. The molecule has 1 heterocycles. The van der Waals surface area contributed by atoms with Gasteiger partial charge in [0.25, 0.3) is 0 Å². The predicted molar refractivity (Wildman–Crippen MR) is 83.8 cm³/mol. The molecule has 0 saturated carbocycles. The number of ether oxygens (including phenoxy) is 1. The van der Waals surface area contributed by atoms with Crippen molar-refractivity contribution >= 4 is 21.2 Å². The first kappa shape index (κ1) is 17.5. The first-order valence-corrected chi connectivity index (χ1v) is 9.50. The molecule has 0 aromatic carbocycles. The van der Waals surface area contributed by atoms with Crippen LogP contribution in [0.15, 0.2) is 0 Å². The molecule has 2 N–H and O–H groups in total. The van der Waals surface area contributed by atoms with Crippen LogP contribution < -0.4 is 5.73 Å². The van der Waals surface area contributed by atoms with Gasteiger partial charge in [-0.3, -0.25) is 0 Å². The van der Waals surface area contributed by atoms with Gasteiger partial charge in [0.15, 0.2) is 0 Å². The summed E-state index contributed by atoms with van der Waals surface area (Å²) in [7, 11) is 2.71. The molecule has 0 bridgehead atoms. The maximum atomic E-state index is 6.27. The molecule has 19 heavy (non-hydrogen) atoms. The van der Waals surface area contributed by atoms with Crippen molar-refractivity contribution in [2.24, 2.45) is 5.73 Å². The molecule has 0 radical (unpaired) electrons. The van der Waals surface area contributed by atoms with Gasteiger partial charge in [0.1, 0.15) is 5.22 Å². The van der Waals surface area contributed by atoms with Crippen LogP contribution in [0.5, 0.6) is 0 Å². The van der Waals surface area contributed by atoms with Gasteiger partial charge in [0.2, 0.25) is 0 Å². The summed E-state index contributed by atoms with van der Waals surface area (Å²) >= 11 is 4.99. The smallest absolute Gasteiger partial charge is 0.372 e. The summed E-state index contributed by atoms with van der Waals surface area (Å²) in [5, 5.41) is -0.506. The standard InChI is InChI=1S/C13H29NO3SSi/c1-6-8-13(15-3)12(18,11(2)14)9-7-10-19(13,16-4)17-5/h11,18H,6-10,14H2,1-5H3. The van der Waals surface area contributed by atoms with Gasteiger partial charge in [0.05, 0.1) is 4.75 Å². The Labute approximate surface area is 124 Å². The lowest BCUT2D eigenvalue weighted by Gasteiger charge is -2.58. The van der Waals surface area contributed by atoms with Gasteiger partial charge in [-0.15, -0.1) is 0 Å². The van der Waals surface area contributed by atoms with E-state index in [0.29, 0.717) is 0 Å². The van der Waals surface area contributed by atoms with Gasteiger partial charge >= 0.3 is 8.56 Å². The molecule has 3 unspecified atom stereocenters. The number of hydrogen-bond acceptors (Lipinski definition) is 5. The van der Waals surface area contributed by atoms with E-state index in [-0.39, 0.29) is 6.04 Å². The van der Waals surface area contributed by atoms with Crippen molar-refractivity contribution in [3.8, 4) is 0 Å². The van der Waals surface area contributed by atoms with Crippen LogP contribution in [-0.2, 0) is 13.6 Å². The fourth-order valence-electron chi connectivity index (χ4n) is 3.73. The first-order valence-electron chi connectivity index (χ1n) is 7.03. The fourth-order valence-corrected chi connectivity index (χ4v) is 8.84. The molecular formula is C13H29NO3SSi. The minimum absolute atomic E-state index is 0.0835. The molecule has 1 fully saturated rings. The van der Waals surface area contributed by atoms with Crippen molar-refractivity contribution in [1.29, 1.82) is 0 Å². The van der Waals surface area contributed by atoms with Gasteiger partial charge in [-0.05, 0) is 32.2 Å². The van der Waals surface area contributed by atoms with Crippen molar-refractivity contribution in [3.05, 3.63) is 0 Å². The summed E-state index contributed by atoms with van der Waals surface area (Å²) in [4.78, 5) is 0. The molecule has 1 aliphatic rings. The Bertz CT molecular complexity index is 294. The number of hydrogen-bond donors (Lipinski definition) is 2. The van der Waals surface area contributed by atoms with Gasteiger partial charge in [-0.2, -0.15) is 12.6 Å². The normalized spacial score (nSPS) is 36.2. The molecular weight excluding hydrogens is 278 g/mol. The number of rotatable bonds is 6. The second kappa shape index (κ2) is 6.45. The van der Waals surface area contributed by atoms with E-state index in [1.807, 2.05) is 6.92 Å².